The average molecular weight is 488 g/mol. The second-order valence-corrected chi connectivity index (χ2v) is 13.2. The number of hydrogen-bond acceptors (Lipinski definition) is 5. The van der Waals surface area contributed by atoms with Gasteiger partial charge in [0, 0.05) is 22.8 Å². The fourth-order valence-electron chi connectivity index (χ4n) is 9.94. The number of benzene rings is 1. The first kappa shape index (κ1) is 22.0. The number of rotatable bonds is 2. The van der Waals surface area contributed by atoms with Gasteiger partial charge in [-0.1, -0.05) is 25.1 Å². The number of hydrogen-bond donors (Lipinski definition) is 3. The van der Waals surface area contributed by atoms with E-state index in [9.17, 15) is 10.2 Å². The van der Waals surface area contributed by atoms with E-state index in [1.165, 1.54) is 16.7 Å². The van der Waals surface area contributed by atoms with Gasteiger partial charge in [0.05, 0.1) is 34.4 Å². The van der Waals surface area contributed by atoms with Crippen molar-refractivity contribution in [3.63, 3.8) is 0 Å². The minimum absolute atomic E-state index is 0.0143. The topological polar surface area (TPSA) is 81.6 Å². The molecule has 3 spiro atoms. The number of aryl methyl sites for hydroxylation is 1. The highest BCUT2D eigenvalue weighted by atomic mass is 16.5. The third kappa shape index (κ3) is 2.29. The van der Waals surface area contributed by atoms with Crippen LogP contribution >= 0.6 is 0 Å². The zero-order valence-electron chi connectivity index (χ0n) is 21.7. The monoisotopic (exact) mass is 487 g/mol. The summed E-state index contributed by atoms with van der Waals surface area (Å²) in [6, 6.07) is 6.58. The molecule has 2 saturated carbocycles. The Kier molecular flexibility index (Phi) is 3.99. The molecule has 1 aromatic heterocycles. The molecule has 4 aliphatic carbocycles. The molecule has 36 heavy (non-hydrogen) atoms. The first-order valence-corrected chi connectivity index (χ1v) is 13.8. The molecule has 0 amide bonds. The van der Waals surface area contributed by atoms with Crippen molar-refractivity contribution in [2.24, 2.45) is 22.7 Å². The second kappa shape index (κ2) is 6.52. The molecular formula is C30H37N3O3. The number of aromatic nitrogens is 2. The van der Waals surface area contributed by atoms with E-state index in [2.05, 4.69) is 52.1 Å². The lowest BCUT2D eigenvalue weighted by Crippen LogP contribution is -2.67. The van der Waals surface area contributed by atoms with E-state index in [4.69, 9.17) is 4.74 Å². The summed E-state index contributed by atoms with van der Waals surface area (Å²) in [5, 5.41) is 22.6. The predicted octanol–water partition coefficient (Wildman–Crippen LogP) is 3.97. The number of ether oxygens (including phenoxy) is 1. The third-order valence-corrected chi connectivity index (χ3v) is 11.6. The minimum atomic E-state index is -0.726. The summed E-state index contributed by atoms with van der Waals surface area (Å²) < 4.78 is 7.45. The van der Waals surface area contributed by atoms with Crippen LogP contribution in [0.15, 0.2) is 35.9 Å². The summed E-state index contributed by atoms with van der Waals surface area (Å²) in [6.07, 6.45) is 9.33. The highest BCUT2D eigenvalue weighted by Crippen LogP contribution is 2.81. The smallest absolute Gasteiger partial charge is 0.104 e. The van der Waals surface area contributed by atoms with Gasteiger partial charge in [0.1, 0.15) is 5.82 Å². The van der Waals surface area contributed by atoms with Crippen LogP contribution in [0.1, 0.15) is 56.8 Å². The van der Waals surface area contributed by atoms with Crippen LogP contribution in [0.2, 0.25) is 0 Å². The third-order valence-electron chi connectivity index (χ3n) is 11.6. The van der Waals surface area contributed by atoms with Crippen LogP contribution in [0.3, 0.4) is 0 Å². The SMILES string of the molecule is Cc1nc2ccc(C3=CCC4C3(C)CC=C3C5CC56C(O)C(O)C(N(C)C)CC65CCC34O5)cc2[nH]1. The number of allylic oxidation sites excluding steroid dienone is 3. The standard InChI is InChI=1S/C30H37N3O3/c1-16-31-21-7-5-17(13-22(21)32-16)18-6-8-24-27(18,2)10-9-19-20-14-29(20)26(35)25(34)23(33(3)4)15-28(29)11-12-30(19,24)36-28/h5-7,9,13,20,23-26,34-35H,8,10-12,14-15H2,1-4H3,(H,31,32). The number of aliphatic hydroxyl groups is 2. The minimum Gasteiger partial charge on any atom is -0.390 e. The summed E-state index contributed by atoms with van der Waals surface area (Å²) in [4.78, 5) is 10.1. The molecule has 2 aromatic rings. The molecule has 9 unspecified atom stereocenters. The fourth-order valence-corrected chi connectivity index (χ4v) is 9.94. The van der Waals surface area contributed by atoms with E-state index in [0.29, 0.717) is 11.8 Å². The molecule has 3 N–H and O–H groups in total. The maximum absolute atomic E-state index is 11.5. The van der Waals surface area contributed by atoms with Gasteiger partial charge in [-0.25, -0.2) is 4.98 Å². The van der Waals surface area contributed by atoms with Crippen LogP contribution in [-0.4, -0.2) is 68.6 Å². The first-order valence-electron chi connectivity index (χ1n) is 13.8. The van der Waals surface area contributed by atoms with Gasteiger partial charge in [-0.3, -0.25) is 0 Å². The fraction of sp³-hybridized carbons (Fsp3) is 0.633. The summed E-state index contributed by atoms with van der Waals surface area (Å²) in [6.45, 7) is 4.46. The molecule has 3 heterocycles. The van der Waals surface area contributed by atoms with Crippen LogP contribution in [0, 0.1) is 29.6 Å². The van der Waals surface area contributed by atoms with Gasteiger partial charge in [0.2, 0.25) is 0 Å². The zero-order chi connectivity index (χ0) is 24.8. The molecule has 2 saturated heterocycles. The number of aliphatic hydroxyl groups excluding tert-OH is 2. The lowest BCUT2D eigenvalue weighted by molar-refractivity contribution is -0.248. The van der Waals surface area contributed by atoms with E-state index in [0.717, 1.165) is 55.4 Å². The highest BCUT2D eigenvalue weighted by Gasteiger charge is 2.84. The first-order chi connectivity index (χ1) is 17.2. The van der Waals surface area contributed by atoms with Crippen molar-refractivity contribution in [1.82, 2.24) is 14.9 Å². The molecule has 2 aliphatic heterocycles. The van der Waals surface area contributed by atoms with Gasteiger partial charge in [-0.05, 0) is 94.3 Å². The predicted molar refractivity (Wildman–Crippen MR) is 138 cm³/mol. The van der Waals surface area contributed by atoms with Crippen LogP contribution in [-0.2, 0) is 4.74 Å². The number of aromatic amines is 1. The van der Waals surface area contributed by atoms with Crippen LogP contribution < -0.4 is 0 Å². The molecule has 4 fully saturated rings. The number of fused-ring (bicyclic) bond motifs is 3. The van der Waals surface area contributed by atoms with E-state index in [1.54, 1.807) is 0 Å². The number of nitrogens with zero attached hydrogens (tertiary/aromatic N) is 2. The van der Waals surface area contributed by atoms with Gasteiger partial charge in [-0.2, -0.15) is 0 Å². The molecule has 6 aliphatic rings. The normalized spacial score (nSPS) is 48.2. The van der Waals surface area contributed by atoms with E-state index in [-0.39, 0.29) is 28.1 Å². The summed E-state index contributed by atoms with van der Waals surface area (Å²) in [7, 11) is 4.03. The highest BCUT2D eigenvalue weighted by molar-refractivity contribution is 5.83. The van der Waals surface area contributed by atoms with Crippen molar-refractivity contribution in [3.8, 4) is 0 Å². The van der Waals surface area contributed by atoms with Crippen molar-refractivity contribution in [2.45, 2.75) is 81.8 Å². The number of H-pyrrole nitrogens is 1. The molecule has 1 aromatic carbocycles. The second-order valence-electron chi connectivity index (χ2n) is 13.2. The maximum atomic E-state index is 11.5. The molecule has 2 bridgehead atoms. The molecular weight excluding hydrogens is 450 g/mol. The van der Waals surface area contributed by atoms with Gasteiger partial charge < -0.3 is 24.8 Å². The summed E-state index contributed by atoms with van der Waals surface area (Å²) in [5.41, 5.74) is 5.42. The van der Waals surface area contributed by atoms with E-state index < -0.39 is 12.2 Å². The van der Waals surface area contributed by atoms with Gasteiger partial charge in [0.25, 0.3) is 0 Å². The van der Waals surface area contributed by atoms with Gasteiger partial charge >= 0.3 is 0 Å². The Balaban J connectivity index is 1.21. The summed E-state index contributed by atoms with van der Waals surface area (Å²) >= 11 is 0. The van der Waals surface area contributed by atoms with E-state index in [1.807, 2.05) is 21.0 Å². The Morgan fingerprint density at radius 2 is 1.97 bits per heavy atom. The average Bonchev–Trinajstić information content (AvgIpc) is 3.13. The lowest BCUT2D eigenvalue weighted by atomic mass is 9.57. The van der Waals surface area contributed by atoms with Crippen molar-refractivity contribution in [3.05, 3.63) is 47.3 Å². The molecule has 0 radical (unpaired) electrons. The molecule has 9 atom stereocenters. The van der Waals surface area contributed by atoms with Gasteiger partial charge in [-0.15, -0.1) is 0 Å². The number of likely N-dealkylation sites (N-methyl/N-ethyl adjacent to an activating group) is 1. The molecule has 190 valence electrons. The molecule has 8 rings (SSSR count). The Morgan fingerprint density at radius 3 is 2.78 bits per heavy atom. The zero-order valence-corrected chi connectivity index (χ0v) is 21.7. The largest absolute Gasteiger partial charge is 0.390 e. The van der Waals surface area contributed by atoms with Crippen molar-refractivity contribution in [2.75, 3.05) is 14.1 Å². The number of imidazole rings is 1. The molecule has 6 nitrogen and oxygen atoms in total. The van der Waals surface area contributed by atoms with Crippen LogP contribution in [0.25, 0.3) is 16.6 Å². The Hall–Kier alpha value is -1.99. The number of nitrogens with one attached hydrogen (secondary N) is 1. The van der Waals surface area contributed by atoms with E-state index >= 15 is 0 Å². The molecule has 6 heteroatoms. The van der Waals surface area contributed by atoms with Crippen molar-refractivity contribution >= 4 is 16.6 Å². The van der Waals surface area contributed by atoms with Crippen LogP contribution in [0.5, 0.6) is 0 Å². The quantitative estimate of drug-likeness (QED) is 0.559. The lowest BCUT2D eigenvalue weighted by Gasteiger charge is -2.59. The van der Waals surface area contributed by atoms with Crippen molar-refractivity contribution < 1.29 is 14.9 Å². The summed E-state index contributed by atoms with van der Waals surface area (Å²) in [5.74, 6) is 1.70. The van der Waals surface area contributed by atoms with Crippen LogP contribution in [0.4, 0.5) is 0 Å². The Morgan fingerprint density at radius 1 is 1.14 bits per heavy atom. The Labute approximate surface area is 212 Å². The van der Waals surface area contributed by atoms with Gasteiger partial charge in [0.15, 0.2) is 0 Å². The maximum Gasteiger partial charge on any atom is 0.104 e. The Bertz CT molecular complexity index is 1380. The van der Waals surface area contributed by atoms with Crippen molar-refractivity contribution in [1.29, 1.82) is 0 Å².